The van der Waals surface area contributed by atoms with Crippen LogP contribution in [0.15, 0.2) is 48.7 Å². The van der Waals surface area contributed by atoms with Crippen LogP contribution in [0.5, 0.6) is 0 Å². The number of nitrogens with one attached hydrogen (secondary N) is 2. The topological polar surface area (TPSA) is 80.3 Å². The van der Waals surface area contributed by atoms with Crippen molar-refractivity contribution in [3.8, 4) is 0 Å². The summed E-state index contributed by atoms with van der Waals surface area (Å²) in [7, 11) is 0. The number of carbonyl (C=O) groups excluding carboxylic acids is 2. The van der Waals surface area contributed by atoms with Crippen LogP contribution in [0.1, 0.15) is 18.1 Å². The Labute approximate surface area is 134 Å². The monoisotopic (exact) mass is 313 g/mol. The van der Waals surface area contributed by atoms with E-state index in [2.05, 4.69) is 15.6 Å². The van der Waals surface area contributed by atoms with E-state index < -0.39 is 12.1 Å². The summed E-state index contributed by atoms with van der Waals surface area (Å²) < 4.78 is 5.07. The minimum atomic E-state index is -0.735. The van der Waals surface area contributed by atoms with Crippen molar-refractivity contribution < 1.29 is 14.3 Å². The van der Waals surface area contributed by atoms with Gasteiger partial charge in [0, 0.05) is 6.20 Å². The number of aromatic nitrogens is 1. The Hall–Kier alpha value is -2.89. The molecule has 1 aromatic heterocycles. The summed E-state index contributed by atoms with van der Waals surface area (Å²) in [4.78, 5) is 27.8. The average molecular weight is 313 g/mol. The van der Waals surface area contributed by atoms with Crippen LogP contribution in [0.4, 0.5) is 10.6 Å². The van der Waals surface area contributed by atoms with E-state index >= 15 is 0 Å². The molecular formula is C17H19N3O3. The molecule has 0 spiro atoms. The SMILES string of the molecule is Cc1ccc(NC(=O)[C@H](C)NC(=O)OCc2ccccc2)nc1. The van der Waals surface area contributed by atoms with Crippen LogP contribution in [-0.4, -0.2) is 23.0 Å². The quantitative estimate of drug-likeness (QED) is 0.889. The smallest absolute Gasteiger partial charge is 0.408 e. The van der Waals surface area contributed by atoms with Gasteiger partial charge in [-0.15, -0.1) is 0 Å². The van der Waals surface area contributed by atoms with E-state index in [4.69, 9.17) is 4.74 Å². The van der Waals surface area contributed by atoms with Gasteiger partial charge < -0.3 is 15.4 Å². The second kappa shape index (κ2) is 7.93. The molecule has 0 aliphatic rings. The molecule has 2 aromatic rings. The Balaban J connectivity index is 1.78. The van der Waals surface area contributed by atoms with E-state index in [1.165, 1.54) is 0 Å². The van der Waals surface area contributed by atoms with E-state index in [0.717, 1.165) is 11.1 Å². The molecule has 0 saturated heterocycles. The van der Waals surface area contributed by atoms with Gasteiger partial charge in [0.1, 0.15) is 18.5 Å². The minimum Gasteiger partial charge on any atom is -0.445 e. The summed E-state index contributed by atoms with van der Waals surface area (Å²) in [6, 6.07) is 12.1. The highest BCUT2D eigenvalue weighted by atomic mass is 16.5. The second-order valence-corrected chi connectivity index (χ2v) is 5.14. The maximum atomic E-state index is 12.0. The third kappa shape index (κ3) is 5.43. The number of hydrogen-bond donors (Lipinski definition) is 2. The minimum absolute atomic E-state index is 0.153. The van der Waals surface area contributed by atoms with E-state index in [9.17, 15) is 9.59 Å². The van der Waals surface area contributed by atoms with Crippen molar-refractivity contribution in [3.63, 3.8) is 0 Å². The maximum Gasteiger partial charge on any atom is 0.408 e. The number of hydrogen-bond acceptors (Lipinski definition) is 4. The standard InChI is InChI=1S/C17H19N3O3/c1-12-8-9-15(18-10-12)20-16(21)13(2)19-17(22)23-11-14-6-4-3-5-7-14/h3-10,13H,11H2,1-2H3,(H,19,22)(H,18,20,21)/t13-/m0/s1. The number of aryl methyl sites for hydroxylation is 1. The lowest BCUT2D eigenvalue weighted by molar-refractivity contribution is -0.117. The molecule has 120 valence electrons. The van der Waals surface area contributed by atoms with Crippen molar-refractivity contribution in [1.82, 2.24) is 10.3 Å². The van der Waals surface area contributed by atoms with Gasteiger partial charge >= 0.3 is 6.09 Å². The summed E-state index contributed by atoms with van der Waals surface area (Å²) in [6.07, 6.45) is 1.01. The maximum absolute atomic E-state index is 12.0. The lowest BCUT2D eigenvalue weighted by Gasteiger charge is -2.14. The van der Waals surface area contributed by atoms with Gasteiger partial charge in [0.2, 0.25) is 5.91 Å². The van der Waals surface area contributed by atoms with E-state index in [-0.39, 0.29) is 12.5 Å². The van der Waals surface area contributed by atoms with Gasteiger partial charge in [0.25, 0.3) is 0 Å². The Kier molecular flexibility index (Phi) is 5.68. The molecule has 23 heavy (non-hydrogen) atoms. The molecular weight excluding hydrogens is 294 g/mol. The number of pyridine rings is 1. The molecule has 6 heteroatoms. The third-order valence-corrected chi connectivity index (χ3v) is 3.10. The van der Waals surface area contributed by atoms with Crippen molar-refractivity contribution in [1.29, 1.82) is 0 Å². The molecule has 2 rings (SSSR count). The van der Waals surface area contributed by atoms with Crippen molar-refractivity contribution >= 4 is 17.8 Å². The summed E-state index contributed by atoms with van der Waals surface area (Å²) in [6.45, 7) is 3.64. The van der Waals surface area contributed by atoms with Gasteiger partial charge in [-0.1, -0.05) is 36.4 Å². The average Bonchev–Trinajstić information content (AvgIpc) is 2.56. The Morgan fingerprint density at radius 2 is 1.91 bits per heavy atom. The first kappa shape index (κ1) is 16.5. The molecule has 0 aliphatic carbocycles. The molecule has 0 unspecified atom stereocenters. The van der Waals surface area contributed by atoms with Crippen LogP contribution < -0.4 is 10.6 Å². The zero-order chi connectivity index (χ0) is 16.7. The molecule has 0 saturated carbocycles. The van der Waals surface area contributed by atoms with Gasteiger partial charge in [-0.25, -0.2) is 9.78 Å². The number of amides is 2. The highest BCUT2D eigenvalue weighted by molar-refractivity contribution is 5.95. The van der Waals surface area contributed by atoms with E-state index in [1.807, 2.05) is 43.3 Å². The molecule has 1 heterocycles. The predicted octanol–water partition coefficient (Wildman–Crippen LogP) is 2.64. The fourth-order valence-corrected chi connectivity index (χ4v) is 1.78. The molecule has 2 amide bonds. The molecule has 1 atom stereocenters. The van der Waals surface area contributed by atoms with E-state index in [0.29, 0.717) is 5.82 Å². The Bertz CT molecular complexity index is 657. The highest BCUT2D eigenvalue weighted by Crippen LogP contribution is 2.05. The molecule has 0 aliphatic heterocycles. The zero-order valence-corrected chi connectivity index (χ0v) is 13.1. The number of carbonyl (C=O) groups is 2. The van der Waals surface area contributed by atoms with E-state index in [1.54, 1.807) is 19.2 Å². The Morgan fingerprint density at radius 1 is 1.17 bits per heavy atom. The first-order chi connectivity index (χ1) is 11.0. The predicted molar refractivity (Wildman–Crippen MR) is 86.8 cm³/mol. The van der Waals surface area contributed by atoms with Crippen LogP contribution in [-0.2, 0) is 16.1 Å². The lowest BCUT2D eigenvalue weighted by Crippen LogP contribution is -2.41. The van der Waals surface area contributed by atoms with Crippen LogP contribution in [0, 0.1) is 6.92 Å². The molecule has 0 bridgehead atoms. The van der Waals surface area contributed by atoms with Crippen molar-refractivity contribution in [2.75, 3.05) is 5.32 Å². The van der Waals surface area contributed by atoms with Gasteiger partial charge in [-0.2, -0.15) is 0 Å². The molecule has 6 nitrogen and oxygen atoms in total. The van der Waals surface area contributed by atoms with Crippen molar-refractivity contribution in [3.05, 3.63) is 59.8 Å². The number of anilines is 1. The second-order valence-electron chi connectivity index (χ2n) is 5.14. The highest BCUT2D eigenvalue weighted by Gasteiger charge is 2.16. The number of benzene rings is 1. The zero-order valence-electron chi connectivity index (χ0n) is 13.1. The first-order valence-electron chi connectivity index (χ1n) is 7.25. The summed E-state index contributed by atoms with van der Waals surface area (Å²) in [5.41, 5.74) is 1.88. The number of alkyl carbamates (subject to hydrolysis) is 1. The fraction of sp³-hybridized carbons (Fsp3) is 0.235. The van der Waals surface area contributed by atoms with Gasteiger partial charge in [0.05, 0.1) is 0 Å². The van der Waals surface area contributed by atoms with Crippen LogP contribution in [0.25, 0.3) is 0 Å². The molecule has 0 radical (unpaired) electrons. The normalized spacial score (nSPS) is 11.4. The number of rotatable bonds is 5. The van der Waals surface area contributed by atoms with Crippen LogP contribution >= 0.6 is 0 Å². The van der Waals surface area contributed by atoms with Gasteiger partial charge in [-0.05, 0) is 31.0 Å². The first-order valence-corrected chi connectivity index (χ1v) is 7.25. The summed E-state index contributed by atoms with van der Waals surface area (Å²) in [5, 5.41) is 5.11. The summed E-state index contributed by atoms with van der Waals surface area (Å²) in [5.74, 6) is 0.0740. The van der Waals surface area contributed by atoms with Gasteiger partial charge in [-0.3, -0.25) is 4.79 Å². The fourth-order valence-electron chi connectivity index (χ4n) is 1.78. The largest absolute Gasteiger partial charge is 0.445 e. The van der Waals surface area contributed by atoms with Crippen LogP contribution in [0.3, 0.4) is 0 Å². The molecule has 2 N–H and O–H groups in total. The van der Waals surface area contributed by atoms with Gasteiger partial charge in [0.15, 0.2) is 0 Å². The van der Waals surface area contributed by atoms with Crippen molar-refractivity contribution in [2.45, 2.75) is 26.5 Å². The lowest BCUT2D eigenvalue weighted by atomic mass is 10.2. The molecule has 0 fully saturated rings. The summed E-state index contributed by atoms with van der Waals surface area (Å²) >= 11 is 0. The third-order valence-electron chi connectivity index (χ3n) is 3.10. The number of nitrogens with zero attached hydrogens (tertiary/aromatic N) is 1. The molecule has 1 aromatic carbocycles. The van der Waals surface area contributed by atoms with Crippen LogP contribution in [0.2, 0.25) is 0 Å². The van der Waals surface area contributed by atoms with Crippen molar-refractivity contribution in [2.24, 2.45) is 0 Å². The Morgan fingerprint density at radius 3 is 2.57 bits per heavy atom. The number of ether oxygens (including phenoxy) is 1.